The number of carbonyl (C=O) groups is 2. The lowest BCUT2D eigenvalue weighted by molar-refractivity contribution is -0.143. The van der Waals surface area contributed by atoms with Crippen molar-refractivity contribution in [3.05, 3.63) is 30.1 Å². The average Bonchev–Trinajstić information content (AvgIpc) is 2.38. The van der Waals surface area contributed by atoms with Crippen LogP contribution in [0.2, 0.25) is 0 Å². The molecule has 0 saturated heterocycles. The van der Waals surface area contributed by atoms with Crippen LogP contribution in [0, 0.1) is 11.7 Å². The molecule has 0 aliphatic rings. The Kier molecular flexibility index (Phi) is 6.05. The molecule has 0 radical (unpaired) electrons. The van der Waals surface area contributed by atoms with Gasteiger partial charge in [0, 0.05) is 17.9 Å². The maximum atomic E-state index is 12.8. The summed E-state index contributed by atoms with van der Waals surface area (Å²) in [5, 5.41) is 17.6. The summed E-state index contributed by atoms with van der Waals surface area (Å²) in [4.78, 5) is 31.4. The predicted molar refractivity (Wildman–Crippen MR) is 73.3 cm³/mol. The maximum Gasteiger partial charge on any atom is 0.306 e. The summed E-state index contributed by atoms with van der Waals surface area (Å²) >= 11 is 0. The average molecular weight is 318 g/mol. The number of halogens is 1. The highest BCUT2D eigenvalue weighted by Gasteiger charge is 2.26. The van der Waals surface area contributed by atoms with Gasteiger partial charge in [0.15, 0.2) is 0 Å². The Balaban J connectivity index is 2.69. The number of aliphatic carboxylic acids is 2. The van der Waals surface area contributed by atoms with E-state index in [0.29, 0.717) is 0 Å². The van der Waals surface area contributed by atoms with Crippen molar-refractivity contribution in [2.75, 3.05) is 6.16 Å². The number of carboxylic acid groups (broad SMARTS) is 2. The Labute approximate surface area is 120 Å². The van der Waals surface area contributed by atoms with Crippen molar-refractivity contribution in [1.29, 1.82) is 0 Å². The molecule has 0 fully saturated rings. The van der Waals surface area contributed by atoms with Crippen LogP contribution < -0.4 is 5.30 Å². The molecule has 0 aliphatic heterocycles. The maximum absolute atomic E-state index is 12.8. The summed E-state index contributed by atoms with van der Waals surface area (Å²) in [6.45, 7) is 0. The second kappa shape index (κ2) is 7.33. The summed E-state index contributed by atoms with van der Waals surface area (Å²) in [5.74, 6) is -3.85. The van der Waals surface area contributed by atoms with E-state index in [1.54, 1.807) is 0 Å². The first kappa shape index (κ1) is 17.3. The van der Waals surface area contributed by atoms with Crippen LogP contribution in [0.25, 0.3) is 0 Å². The van der Waals surface area contributed by atoms with E-state index >= 15 is 0 Å². The number of benzene rings is 1. The van der Waals surface area contributed by atoms with Crippen molar-refractivity contribution in [2.45, 2.75) is 19.3 Å². The SMILES string of the molecule is O=C(O)CCC(CCP(=O)(O)c1ccc(F)cc1)C(=O)O. The molecular formula is C13H16FO6P. The summed E-state index contributed by atoms with van der Waals surface area (Å²) in [7, 11) is -3.78. The Morgan fingerprint density at radius 1 is 1.14 bits per heavy atom. The van der Waals surface area contributed by atoms with Crippen molar-refractivity contribution in [1.82, 2.24) is 0 Å². The van der Waals surface area contributed by atoms with Gasteiger partial charge in [0.05, 0.1) is 5.92 Å². The lowest BCUT2D eigenvalue weighted by Gasteiger charge is -2.15. The van der Waals surface area contributed by atoms with Crippen LogP contribution in [0.15, 0.2) is 24.3 Å². The molecular weight excluding hydrogens is 302 g/mol. The fourth-order valence-corrected chi connectivity index (χ4v) is 3.36. The number of carboxylic acids is 2. The first-order valence-corrected chi connectivity index (χ1v) is 8.09. The minimum absolute atomic E-state index is 0.0475. The summed E-state index contributed by atoms with van der Waals surface area (Å²) in [6.07, 6.45) is -0.833. The molecule has 0 amide bonds. The molecule has 0 aromatic heterocycles. The molecule has 21 heavy (non-hydrogen) atoms. The second-order valence-corrected chi connectivity index (χ2v) is 7.02. The lowest BCUT2D eigenvalue weighted by Crippen LogP contribution is -2.18. The third-order valence-corrected chi connectivity index (χ3v) is 5.04. The monoisotopic (exact) mass is 318 g/mol. The van der Waals surface area contributed by atoms with Crippen LogP contribution in [0.3, 0.4) is 0 Å². The Hall–Kier alpha value is -1.72. The number of rotatable bonds is 8. The van der Waals surface area contributed by atoms with Gasteiger partial charge in [0.25, 0.3) is 0 Å². The van der Waals surface area contributed by atoms with Gasteiger partial charge in [-0.05, 0) is 37.1 Å². The minimum atomic E-state index is -3.78. The van der Waals surface area contributed by atoms with Crippen molar-refractivity contribution >= 4 is 24.6 Å². The molecule has 1 rings (SSSR count). The summed E-state index contributed by atoms with van der Waals surface area (Å²) < 4.78 is 24.9. The van der Waals surface area contributed by atoms with Crippen LogP contribution in [-0.4, -0.2) is 33.2 Å². The van der Waals surface area contributed by atoms with Crippen LogP contribution in [0.1, 0.15) is 19.3 Å². The van der Waals surface area contributed by atoms with E-state index < -0.39 is 31.0 Å². The zero-order chi connectivity index (χ0) is 16.0. The molecule has 0 spiro atoms. The Morgan fingerprint density at radius 3 is 2.19 bits per heavy atom. The fraction of sp³-hybridized carbons (Fsp3) is 0.385. The van der Waals surface area contributed by atoms with Gasteiger partial charge in [0.2, 0.25) is 7.37 Å². The van der Waals surface area contributed by atoms with Gasteiger partial charge in [-0.2, -0.15) is 0 Å². The molecule has 3 N–H and O–H groups in total. The number of hydrogen-bond acceptors (Lipinski definition) is 3. The van der Waals surface area contributed by atoms with Gasteiger partial charge < -0.3 is 15.1 Å². The molecule has 6 nitrogen and oxygen atoms in total. The van der Waals surface area contributed by atoms with Gasteiger partial charge in [0.1, 0.15) is 5.82 Å². The van der Waals surface area contributed by atoms with E-state index in [1.807, 2.05) is 0 Å². The molecule has 1 aromatic carbocycles. The molecule has 0 heterocycles. The zero-order valence-electron chi connectivity index (χ0n) is 11.1. The zero-order valence-corrected chi connectivity index (χ0v) is 12.0. The van der Waals surface area contributed by atoms with Gasteiger partial charge >= 0.3 is 11.9 Å². The van der Waals surface area contributed by atoms with Gasteiger partial charge in [-0.15, -0.1) is 0 Å². The first-order chi connectivity index (χ1) is 9.72. The largest absolute Gasteiger partial charge is 0.481 e. The molecule has 0 bridgehead atoms. The van der Waals surface area contributed by atoms with Crippen LogP contribution in [-0.2, 0) is 14.2 Å². The van der Waals surface area contributed by atoms with E-state index in [0.717, 1.165) is 12.1 Å². The molecule has 1 aromatic rings. The quantitative estimate of drug-likeness (QED) is 0.629. The van der Waals surface area contributed by atoms with E-state index in [9.17, 15) is 23.4 Å². The van der Waals surface area contributed by atoms with E-state index in [1.165, 1.54) is 12.1 Å². The smallest absolute Gasteiger partial charge is 0.306 e. The third kappa shape index (κ3) is 5.65. The molecule has 2 unspecified atom stereocenters. The molecule has 8 heteroatoms. The summed E-state index contributed by atoms with van der Waals surface area (Å²) in [6, 6.07) is 4.47. The predicted octanol–water partition coefficient (Wildman–Crippen LogP) is 1.68. The molecule has 0 saturated carbocycles. The van der Waals surface area contributed by atoms with Crippen molar-refractivity contribution in [3.8, 4) is 0 Å². The second-order valence-electron chi connectivity index (χ2n) is 4.66. The van der Waals surface area contributed by atoms with Crippen molar-refractivity contribution in [3.63, 3.8) is 0 Å². The van der Waals surface area contributed by atoms with Crippen LogP contribution in [0.5, 0.6) is 0 Å². The van der Waals surface area contributed by atoms with Gasteiger partial charge in [-0.25, -0.2) is 4.39 Å². The standard InChI is InChI=1S/C13H16FO6P/c14-10-2-4-11(5-3-10)21(19,20)8-7-9(13(17)18)1-6-12(15)16/h2-5,9H,1,6-8H2,(H,15,16)(H,17,18)(H,19,20). The molecule has 0 aliphatic carbocycles. The van der Waals surface area contributed by atoms with Crippen molar-refractivity contribution < 1.29 is 33.7 Å². The minimum Gasteiger partial charge on any atom is -0.481 e. The highest BCUT2D eigenvalue weighted by molar-refractivity contribution is 7.66. The topological polar surface area (TPSA) is 112 Å². The van der Waals surface area contributed by atoms with Gasteiger partial charge in [-0.1, -0.05) is 0 Å². The highest BCUT2D eigenvalue weighted by Crippen LogP contribution is 2.41. The van der Waals surface area contributed by atoms with E-state index in [2.05, 4.69) is 0 Å². The molecule has 2 atom stereocenters. The highest BCUT2D eigenvalue weighted by atomic mass is 31.2. The normalized spacial score (nSPS) is 15.1. The fourth-order valence-electron chi connectivity index (χ4n) is 1.82. The number of hydrogen-bond donors (Lipinski definition) is 3. The Bertz CT molecular complexity index is 556. The third-order valence-electron chi connectivity index (χ3n) is 3.07. The van der Waals surface area contributed by atoms with E-state index in [-0.39, 0.29) is 30.7 Å². The first-order valence-electron chi connectivity index (χ1n) is 6.25. The summed E-state index contributed by atoms with van der Waals surface area (Å²) in [5.41, 5.74) is 0. The Morgan fingerprint density at radius 2 is 1.71 bits per heavy atom. The van der Waals surface area contributed by atoms with Crippen LogP contribution >= 0.6 is 7.37 Å². The lowest BCUT2D eigenvalue weighted by atomic mass is 10.0. The van der Waals surface area contributed by atoms with Crippen molar-refractivity contribution in [2.24, 2.45) is 5.92 Å². The molecule has 116 valence electrons. The van der Waals surface area contributed by atoms with E-state index in [4.69, 9.17) is 10.2 Å². The van der Waals surface area contributed by atoms with Crippen LogP contribution in [0.4, 0.5) is 4.39 Å². The van der Waals surface area contributed by atoms with Gasteiger partial charge in [-0.3, -0.25) is 14.2 Å².